The number of nitrogens with zero attached hydrogens (tertiary/aromatic N) is 2. The van der Waals surface area contributed by atoms with Crippen LogP contribution in [0.4, 0.5) is 0 Å². The van der Waals surface area contributed by atoms with Crippen molar-refractivity contribution in [1.29, 1.82) is 0 Å². The highest BCUT2D eigenvalue weighted by Crippen LogP contribution is 2.33. The third-order valence-electron chi connectivity index (χ3n) is 2.59. The number of thiazole rings is 2. The minimum atomic E-state index is 0.991. The van der Waals surface area contributed by atoms with E-state index >= 15 is 0 Å². The van der Waals surface area contributed by atoms with Gasteiger partial charge in [-0.1, -0.05) is 12.1 Å². The van der Waals surface area contributed by atoms with Gasteiger partial charge in [-0.3, -0.25) is 0 Å². The molecule has 0 saturated carbocycles. The number of hydrogen-bond donors (Lipinski definition) is 0. The Balaban J connectivity index is 2.31. The summed E-state index contributed by atoms with van der Waals surface area (Å²) in [5, 5.41) is 3.07. The molecule has 0 spiro atoms. The molecule has 0 bridgehead atoms. The molecule has 2 aromatic heterocycles. The van der Waals surface area contributed by atoms with Crippen LogP contribution in [0.3, 0.4) is 0 Å². The monoisotopic (exact) mass is 246 g/mol. The average molecular weight is 246 g/mol. The van der Waals surface area contributed by atoms with E-state index in [4.69, 9.17) is 0 Å². The number of aromatic nitrogens is 2. The zero-order valence-electron chi connectivity index (χ0n) is 9.02. The summed E-state index contributed by atoms with van der Waals surface area (Å²) in [5.74, 6) is 0. The quantitative estimate of drug-likeness (QED) is 0.647. The molecule has 0 N–H and O–H groups in total. The molecule has 80 valence electrons. The van der Waals surface area contributed by atoms with Crippen molar-refractivity contribution >= 4 is 32.9 Å². The first kappa shape index (κ1) is 9.93. The van der Waals surface area contributed by atoms with Gasteiger partial charge in [-0.05, 0) is 25.0 Å². The maximum absolute atomic E-state index is 4.68. The first-order chi connectivity index (χ1) is 7.75. The van der Waals surface area contributed by atoms with Crippen LogP contribution >= 0.6 is 22.7 Å². The predicted octanol–water partition coefficient (Wildman–Crippen LogP) is 4.04. The summed E-state index contributed by atoms with van der Waals surface area (Å²) >= 11 is 3.34. The van der Waals surface area contributed by atoms with Crippen LogP contribution in [0.2, 0.25) is 0 Å². The molecule has 0 saturated heterocycles. The van der Waals surface area contributed by atoms with Crippen molar-refractivity contribution in [2.45, 2.75) is 13.8 Å². The molecule has 0 amide bonds. The number of hydrogen-bond acceptors (Lipinski definition) is 4. The van der Waals surface area contributed by atoms with Gasteiger partial charge in [0.25, 0.3) is 0 Å². The third-order valence-corrected chi connectivity index (χ3v) is 4.39. The van der Waals surface area contributed by atoms with Crippen LogP contribution in [-0.4, -0.2) is 9.97 Å². The fraction of sp³-hybridized carbons (Fsp3) is 0.167. The van der Waals surface area contributed by atoms with Crippen LogP contribution in [-0.2, 0) is 0 Å². The highest BCUT2D eigenvalue weighted by atomic mass is 32.1. The van der Waals surface area contributed by atoms with Gasteiger partial charge in [0.2, 0.25) is 0 Å². The van der Waals surface area contributed by atoms with Crippen molar-refractivity contribution in [3.05, 3.63) is 34.2 Å². The largest absolute Gasteiger partial charge is 0.242 e. The Morgan fingerprint density at radius 1 is 1.12 bits per heavy atom. The molecule has 0 aliphatic rings. The van der Waals surface area contributed by atoms with E-state index in [1.54, 1.807) is 22.7 Å². The molecule has 1 aromatic carbocycles. The van der Waals surface area contributed by atoms with E-state index in [1.165, 1.54) is 15.8 Å². The Bertz CT molecular complexity index is 599. The van der Waals surface area contributed by atoms with Gasteiger partial charge < -0.3 is 0 Å². The van der Waals surface area contributed by atoms with Crippen LogP contribution < -0.4 is 0 Å². The van der Waals surface area contributed by atoms with Gasteiger partial charge in [0.1, 0.15) is 10.7 Å². The van der Waals surface area contributed by atoms with Crippen LogP contribution in [0.5, 0.6) is 0 Å². The van der Waals surface area contributed by atoms with E-state index in [0.717, 1.165) is 16.2 Å². The summed E-state index contributed by atoms with van der Waals surface area (Å²) in [7, 11) is 0. The lowest BCUT2D eigenvalue weighted by Crippen LogP contribution is -1.79. The second-order valence-corrected chi connectivity index (χ2v) is 5.49. The normalized spacial score (nSPS) is 11.1. The third kappa shape index (κ3) is 1.45. The van der Waals surface area contributed by atoms with Gasteiger partial charge in [0.05, 0.1) is 15.7 Å². The van der Waals surface area contributed by atoms with Crippen molar-refractivity contribution in [3.63, 3.8) is 0 Å². The smallest absolute Gasteiger partial charge is 0.144 e. The van der Waals surface area contributed by atoms with Crippen molar-refractivity contribution in [1.82, 2.24) is 9.97 Å². The number of benzene rings is 1. The molecule has 0 radical (unpaired) electrons. The Kier molecular flexibility index (Phi) is 2.26. The molecule has 0 unspecified atom stereocenters. The van der Waals surface area contributed by atoms with Crippen molar-refractivity contribution < 1.29 is 0 Å². The average Bonchev–Trinajstić information content (AvgIpc) is 2.90. The summed E-state index contributed by atoms with van der Waals surface area (Å²) in [6, 6.07) is 4.28. The summed E-state index contributed by atoms with van der Waals surface area (Å²) in [6.07, 6.45) is 0. The number of aryl methyl sites for hydroxylation is 2. The summed E-state index contributed by atoms with van der Waals surface area (Å²) in [6.45, 7) is 4.23. The van der Waals surface area contributed by atoms with E-state index in [0.29, 0.717) is 0 Å². The minimum absolute atomic E-state index is 0.991. The summed E-state index contributed by atoms with van der Waals surface area (Å²) < 4.78 is 1.28. The van der Waals surface area contributed by atoms with E-state index in [2.05, 4.69) is 35.9 Å². The molecule has 0 atom stereocenters. The van der Waals surface area contributed by atoms with Gasteiger partial charge in [-0.2, -0.15) is 0 Å². The zero-order valence-corrected chi connectivity index (χ0v) is 10.7. The maximum atomic E-state index is 4.68. The van der Waals surface area contributed by atoms with Crippen molar-refractivity contribution in [2.75, 3.05) is 0 Å². The summed E-state index contributed by atoms with van der Waals surface area (Å²) in [5.41, 5.74) is 6.48. The van der Waals surface area contributed by atoms with E-state index < -0.39 is 0 Å². The molecule has 0 aliphatic heterocycles. The maximum Gasteiger partial charge on any atom is 0.144 e. The Labute approximate surface area is 102 Å². The molecule has 2 heterocycles. The van der Waals surface area contributed by atoms with E-state index in [9.17, 15) is 0 Å². The zero-order chi connectivity index (χ0) is 11.1. The molecule has 3 rings (SSSR count). The van der Waals surface area contributed by atoms with Crippen LogP contribution in [0.25, 0.3) is 20.9 Å². The van der Waals surface area contributed by atoms with Crippen molar-refractivity contribution in [2.24, 2.45) is 0 Å². The number of rotatable bonds is 1. The van der Waals surface area contributed by atoms with Crippen LogP contribution in [0.1, 0.15) is 11.1 Å². The Morgan fingerprint density at radius 3 is 2.62 bits per heavy atom. The SMILES string of the molecule is Cc1ccc(C)c2sc(-c3cscn3)nc12. The lowest BCUT2D eigenvalue weighted by atomic mass is 10.1. The number of fused-ring (bicyclic) bond motifs is 1. The Hall–Kier alpha value is -1.26. The first-order valence-electron chi connectivity index (χ1n) is 5.01. The minimum Gasteiger partial charge on any atom is -0.242 e. The van der Waals surface area contributed by atoms with Gasteiger partial charge in [-0.15, -0.1) is 22.7 Å². The molecule has 2 nitrogen and oxygen atoms in total. The fourth-order valence-electron chi connectivity index (χ4n) is 1.69. The molecule has 0 fully saturated rings. The second-order valence-electron chi connectivity index (χ2n) is 3.77. The standard InChI is InChI=1S/C12H10N2S2/c1-7-3-4-8(2)11-10(7)14-12(16-11)9-5-15-6-13-9/h3-6H,1-2H3. The molecule has 0 aliphatic carbocycles. The lowest BCUT2D eigenvalue weighted by molar-refractivity contribution is 1.35. The molecular weight excluding hydrogens is 236 g/mol. The molecule has 4 heteroatoms. The highest BCUT2D eigenvalue weighted by molar-refractivity contribution is 7.22. The lowest BCUT2D eigenvalue weighted by Gasteiger charge is -1.96. The van der Waals surface area contributed by atoms with Crippen LogP contribution in [0, 0.1) is 13.8 Å². The van der Waals surface area contributed by atoms with Gasteiger partial charge in [0, 0.05) is 5.38 Å². The molecule has 16 heavy (non-hydrogen) atoms. The van der Waals surface area contributed by atoms with Crippen molar-refractivity contribution in [3.8, 4) is 10.7 Å². The van der Waals surface area contributed by atoms with Crippen LogP contribution in [0.15, 0.2) is 23.0 Å². The fourth-order valence-corrected chi connectivity index (χ4v) is 3.38. The van der Waals surface area contributed by atoms with Gasteiger partial charge in [0.15, 0.2) is 0 Å². The Morgan fingerprint density at radius 2 is 1.94 bits per heavy atom. The highest BCUT2D eigenvalue weighted by Gasteiger charge is 2.10. The molecule has 3 aromatic rings. The van der Waals surface area contributed by atoms with Gasteiger partial charge >= 0.3 is 0 Å². The topological polar surface area (TPSA) is 25.8 Å². The van der Waals surface area contributed by atoms with E-state index in [-0.39, 0.29) is 0 Å². The van der Waals surface area contributed by atoms with Gasteiger partial charge in [-0.25, -0.2) is 9.97 Å². The predicted molar refractivity (Wildman–Crippen MR) is 70.2 cm³/mol. The first-order valence-corrected chi connectivity index (χ1v) is 6.77. The van der Waals surface area contributed by atoms with E-state index in [1.807, 2.05) is 10.9 Å². The second kappa shape index (κ2) is 3.64. The molecular formula is C12H10N2S2. The summed E-state index contributed by atoms with van der Waals surface area (Å²) in [4.78, 5) is 8.99.